The van der Waals surface area contributed by atoms with Crippen LogP contribution in [0.1, 0.15) is 25.8 Å². The number of nitrogens with zero attached hydrogens (tertiary/aromatic N) is 1. The van der Waals surface area contributed by atoms with Crippen molar-refractivity contribution < 1.29 is 19.0 Å². The summed E-state index contributed by atoms with van der Waals surface area (Å²) in [6, 6.07) is 3.57. The lowest BCUT2D eigenvalue weighted by atomic mass is 10.1. The van der Waals surface area contributed by atoms with E-state index in [0.717, 1.165) is 5.56 Å². The average Bonchev–Trinajstić information content (AvgIpc) is 2.52. The molecule has 1 heterocycles. The smallest absolute Gasteiger partial charge is 0.223 e. The summed E-state index contributed by atoms with van der Waals surface area (Å²) >= 11 is 0. The molecule has 1 aliphatic rings. The molecular weight excluding hydrogens is 296 g/mol. The largest absolute Gasteiger partial charge is 0.493 e. The molecule has 0 bridgehead atoms. The van der Waals surface area contributed by atoms with Crippen LogP contribution in [0.3, 0.4) is 0 Å². The first-order valence-corrected chi connectivity index (χ1v) is 7.88. The van der Waals surface area contributed by atoms with Crippen molar-refractivity contribution in [2.75, 3.05) is 33.0 Å². The first-order valence-electron chi connectivity index (χ1n) is 7.88. The van der Waals surface area contributed by atoms with Crippen LogP contribution >= 0.6 is 0 Å². The van der Waals surface area contributed by atoms with Crippen molar-refractivity contribution in [2.24, 2.45) is 0 Å². The van der Waals surface area contributed by atoms with E-state index in [1.54, 1.807) is 20.3 Å². The second-order valence-corrected chi connectivity index (χ2v) is 5.96. The third-order valence-electron chi connectivity index (χ3n) is 4.03. The first-order chi connectivity index (χ1) is 10.9. The van der Waals surface area contributed by atoms with E-state index in [-0.39, 0.29) is 18.1 Å². The third kappa shape index (κ3) is 4.28. The molecule has 2 unspecified atom stereocenters. The summed E-state index contributed by atoms with van der Waals surface area (Å²) in [4.78, 5) is 14.3. The van der Waals surface area contributed by atoms with Gasteiger partial charge in [-0.25, -0.2) is 0 Å². The van der Waals surface area contributed by atoms with Crippen molar-refractivity contribution in [3.05, 3.63) is 17.7 Å². The van der Waals surface area contributed by atoms with Crippen LogP contribution in [-0.4, -0.2) is 50.3 Å². The molecule has 0 saturated carbocycles. The molecule has 6 heteroatoms. The van der Waals surface area contributed by atoms with E-state index in [1.807, 2.05) is 24.8 Å². The molecule has 0 aromatic heterocycles. The summed E-state index contributed by atoms with van der Waals surface area (Å²) in [7, 11) is 3.15. The molecule has 1 saturated heterocycles. The number of ether oxygens (including phenoxy) is 3. The zero-order chi connectivity index (χ0) is 17.0. The fourth-order valence-electron chi connectivity index (χ4n) is 2.93. The third-order valence-corrected chi connectivity index (χ3v) is 4.03. The monoisotopic (exact) mass is 322 g/mol. The summed E-state index contributed by atoms with van der Waals surface area (Å²) in [5.41, 5.74) is 7.55. The summed E-state index contributed by atoms with van der Waals surface area (Å²) in [6.07, 6.45) is 1.15. The van der Waals surface area contributed by atoms with Gasteiger partial charge in [0.2, 0.25) is 5.91 Å². The maximum Gasteiger partial charge on any atom is 0.223 e. The van der Waals surface area contributed by atoms with Gasteiger partial charge in [0.1, 0.15) is 0 Å². The molecule has 1 aromatic carbocycles. The van der Waals surface area contributed by atoms with Crippen molar-refractivity contribution in [3.8, 4) is 11.5 Å². The second-order valence-electron chi connectivity index (χ2n) is 5.96. The van der Waals surface area contributed by atoms with Crippen molar-refractivity contribution in [2.45, 2.75) is 38.9 Å². The highest BCUT2D eigenvalue weighted by molar-refractivity contribution is 5.77. The molecule has 1 amide bonds. The van der Waals surface area contributed by atoms with Crippen LogP contribution < -0.4 is 15.2 Å². The van der Waals surface area contributed by atoms with E-state index >= 15 is 0 Å². The van der Waals surface area contributed by atoms with Gasteiger partial charge >= 0.3 is 0 Å². The summed E-state index contributed by atoms with van der Waals surface area (Å²) in [5.74, 6) is 1.34. The summed E-state index contributed by atoms with van der Waals surface area (Å²) in [5, 5.41) is 0. The van der Waals surface area contributed by atoms with E-state index in [2.05, 4.69) is 0 Å². The molecule has 6 nitrogen and oxygen atoms in total. The van der Waals surface area contributed by atoms with Crippen LogP contribution in [0, 0.1) is 0 Å². The van der Waals surface area contributed by atoms with Gasteiger partial charge in [0.25, 0.3) is 0 Å². The lowest BCUT2D eigenvalue weighted by molar-refractivity contribution is -0.143. The van der Waals surface area contributed by atoms with Crippen LogP contribution in [0.2, 0.25) is 0 Å². The molecule has 23 heavy (non-hydrogen) atoms. The highest BCUT2D eigenvalue weighted by Gasteiger charge is 2.25. The topological polar surface area (TPSA) is 74.0 Å². The quantitative estimate of drug-likeness (QED) is 0.838. The van der Waals surface area contributed by atoms with Gasteiger partial charge in [-0.3, -0.25) is 4.79 Å². The molecule has 0 spiro atoms. The van der Waals surface area contributed by atoms with E-state index in [4.69, 9.17) is 19.9 Å². The normalized spacial score (nSPS) is 21.1. The Hall–Kier alpha value is -1.95. The fourth-order valence-corrected chi connectivity index (χ4v) is 2.93. The molecule has 0 radical (unpaired) electrons. The summed E-state index contributed by atoms with van der Waals surface area (Å²) < 4.78 is 16.2. The van der Waals surface area contributed by atoms with E-state index < -0.39 is 0 Å². The SMILES string of the molecule is COc1cc(N)c(CCC(=O)N2CC(C)OC(C)C2)cc1OC. The number of carbonyl (C=O) groups excluding carboxylic acids is 1. The molecule has 2 N–H and O–H groups in total. The maximum absolute atomic E-state index is 12.4. The Balaban J connectivity index is 2.01. The number of anilines is 1. The minimum absolute atomic E-state index is 0.0776. The van der Waals surface area contributed by atoms with Crippen molar-refractivity contribution in [1.82, 2.24) is 4.90 Å². The van der Waals surface area contributed by atoms with Gasteiger partial charge in [0, 0.05) is 31.3 Å². The zero-order valence-corrected chi connectivity index (χ0v) is 14.3. The van der Waals surface area contributed by atoms with Crippen LogP contribution in [0.25, 0.3) is 0 Å². The molecule has 1 fully saturated rings. The van der Waals surface area contributed by atoms with Gasteiger partial charge in [-0.05, 0) is 31.9 Å². The highest BCUT2D eigenvalue weighted by atomic mass is 16.5. The highest BCUT2D eigenvalue weighted by Crippen LogP contribution is 2.32. The lowest BCUT2D eigenvalue weighted by Gasteiger charge is -2.35. The number of aryl methyl sites for hydroxylation is 1. The Morgan fingerprint density at radius 3 is 2.35 bits per heavy atom. The number of morpholine rings is 1. The molecular formula is C17H26N2O4. The van der Waals surface area contributed by atoms with Gasteiger partial charge < -0.3 is 24.8 Å². The van der Waals surface area contributed by atoms with E-state index in [1.165, 1.54) is 0 Å². The molecule has 0 aliphatic carbocycles. The zero-order valence-electron chi connectivity index (χ0n) is 14.3. The Kier molecular flexibility index (Phi) is 5.71. The molecule has 1 aromatic rings. The molecule has 2 rings (SSSR count). The standard InChI is InChI=1S/C17H26N2O4/c1-11-9-19(10-12(2)23-11)17(20)6-5-13-7-15(21-3)16(22-4)8-14(13)18/h7-8,11-12H,5-6,9-10,18H2,1-4H3. The second kappa shape index (κ2) is 7.55. The van der Waals surface area contributed by atoms with Crippen LogP contribution in [0.4, 0.5) is 5.69 Å². The van der Waals surface area contributed by atoms with Crippen molar-refractivity contribution >= 4 is 11.6 Å². The van der Waals surface area contributed by atoms with Crippen molar-refractivity contribution in [3.63, 3.8) is 0 Å². The number of benzene rings is 1. The average molecular weight is 322 g/mol. The Morgan fingerprint density at radius 2 is 1.78 bits per heavy atom. The fraction of sp³-hybridized carbons (Fsp3) is 0.588. The number of nitrogens with two attached hydrogens (primary N) is 1. The molecule has 1 aliphatic heterocycles. The number of nitrogen functional groups attached to an aromatic ring is 1. The molecule has 2 atom stereocenters. The van der Waals surface area contributed by atoms with Gasteiger partial charge in [-0.1, -0.05) is 0 Å². The Bertz CT molecular complexity index is 552. The van der Waals surface area contributed by atoms with Crippen molar-refractivity contribution in [1.29, 1.82) is 0 Å². The van der Waals surface area contributed by atoms with Gasteiger partial charge in [0.05, 0.1) is 26.4 Å². The lowest BCUT2D eigenvalue weighted by Crippen LogP contribution is -2.48. The van der Waals surface area contributed by atoms with Crippen LogP contribution in [-0.2, 0) is 16.0 Å². The number of hydrogen-bond acceptors (Lipinski definition) is 5. The van der Waals surface area contributed by atoms with E-state index in [9.17, 15) is 4.79 Å². The van der Waals surface area contributed by atoms with Gasteiger partial charge in [0.15, 0.2) is 11.5 Å². The maximum atomic E-state index is 12.4. The number of hydrogen-bond donors (Lipinski definition) is 1. The number of methoxy groups -OCH3 is 2. The number of rotatable bonds is 5. The van der Waals surface area contributed by atoms with Gasteiger partial charge in [-0.2, -0.15) is 0 Å². The molecule has 128 valence electrons. The van der Waals surface area contributed by atoms with Gasteiger partial charge in [-0.15, -0.1) is 0 Å². The Morgan fingerprint density at radius 1 is 1.22 bits per heavy atom. The predicted octanol–water partition coefficient (Wildman–Crippen LogP) is 1.85. The first kappa shape index (κ1) is 17.4. The minimum atomic E-state index is 0.0776. The van der Waals surface area contributed by atoms with Crippen LogP contribution in [0.5, 0.6) is 11.5 Å². The predicted molar refractivity (Wildman–Crippen MR) is 88.9 cm³/mol. The van der Waals surface area contributed by atoms with E-state index in [0.29, 0.717) is 43.1 Å². The summed E-state index contributed by atoms with van der Waals surface area (Å²) in [6.45, 7) is 5.26. The van der Waals surface area contributed by atoms with Crippen LogP contribution in [0.15, 0.2) is 12.1 Å². The number of amides is 1. The Labute approximate surface area is 137 Å². The minimum Gasteiger partial charge on any atom is -0.493 e. The number of carbonyl (C=O) groups is 1.